The number of halogens is 11. The van der Waals surface area contributed by atoms with E-state index >= 15 is 0 Å². The summed E-state index contributed by atoms with van der Waals surface area (Å²) in [4.78, 5) is 0. The highest BCUT2D eigenvalue weighted by atomic mass is 35.5. The fourth-order valence-corrected chi connectivity index (χ4v) is 2.27. The van der Waals surface area contributed by atoms with Gasteiger partial charge in [-0.3, -0.25) is 10.2 Å². The molecule has 0 aromatic carbocycles. The molecule has 1 rings (SSSR count). The molecule has 0 aromatic rings. The van der Waals surface area contributed by atoms with Crippen LogP contribution in [0.1, 0.15) is 13.8 Å². The molecule has 2 N–H and O–H groups in total. The van der Waals surface area contributed by atoms with Gasteiger partial charge in [-0.2, -0.15) is 43.9 Å². The molecule has 0 unspecified atom stereocenters. The molecule has 0 aromatic heterocycles. The molecule has 0 spiro atoms. The lowest BCUT2D eigenvalue weighted by molar-refractivity contribution is -0.463. The van der Waals surface area contributed by atoms with Gasteiger partial charge in [0.15, 0.2) is 5.60 Å². The molecule has 3 nitrogen and oxygen atoms in total. The quantitative estimate of drug-likeness (QED) is 0.559. The summed E-state index contributed by atoms with van der Waals surface area (Å²) in [5.74, 6) is -6.86. The summed E-state index contributed by atoms with van der Waals surface area (Å²) < 4.78 is 131. The summed E-state index contributed by atoms with van der Waals surface area (Å²) in [7, 11) is 0. The van der Waals surface area contributed by atoms with Crippen LogP contribution in [0, 0.1) is 0 Å². The average molecular weight is 401 g/mol. The molecule has 1 fully saturated rings. The zero-order valence-electron chi connectivity index (χ0n) is 11.8. The van der Waals surface area contributed by atoms with Crippen LogP contribution in [0.3, 0.4) is 0 Å². The van der Waals surface area contributed by atoms with E-state index in [2.05, 4.69) is 10.2 Å². The number of rotatable bonds is 4. The normalized spacial score (nSPS) is 29.6. The number of hydrogen-bond donors (Lipinski definition) is 2. The Morgan fingerprint density at radius 3 is 1.58 bits per heavy atom. The Balaban J connectivity index is 3.30. The van der Waals surface area contributed by atoms with Crippen LogP contribution in [-0.2, 0) is 4.74 Å². The summed E-state index contributed by atoms with van der Waals surface area (Å²) >= 11 is 5.59. The highest BCUT2D eigenvalue weighted by molar-refractivity contribution is 6.21. The van der Waals surface area contributed by atoms with Gasteiger partial charge in [-0.25, -0.2) is 5.43 Å². The molecule has 0 amide bonds. The molecule has 14 heteroatoms. The number of ether oxygens (including phenoxy) is 1. The van der Waals surface area contributed by atoms with Gasteiger partial charge in [0.05, 0.1) is 11.4 Å². The van der Waals surface area contributed by atoms with Gasteiger partial charge in [-0.05, 0) is 13.8 Å². The van der Waals surface area contributed by atoms with E-state index < -0.39 is 47.4 Å². The summed E-state index contributed by atoms with van der Waals surface area (Å²) in [6, 6.07) is -3.22. The Morgan fingerprint density at radius 1 is 0.833 bits per heavy atom. The predicted octanol–water partition coefficient (Wildman–Crippen LogP) is 3.59. The molecule has 1 aliphatic heterocycles. The minimum absolute atomic E-state index is 0.0971. The van der Waals surface area contributed by atoms with Gasteiger partial charge in [-0.1, -0.05) is 0 Å². The summed E-state index contributed by atoms with van der Waals surface area (Å²) in [6.45, 7) is 1.13. The molecule has 1 aliphatic rings. The van der Waals surface area contributed by atoms with Crippen LogP contribution in [0.4, 0.5) is 43.9 Å². The lowest BCUT2D eigenvalue weighted by atomic mass is 9.91. The van der Waals surface area contributed by atoms with Crippen LogP contribution in [0.5, 0.6) is 0 Å². The van der Waals surface area contributed by atoms with Crippen molar-refractivity contribution in [2.45, 2.75) is 61.3 Å². The Labute approximate surface area is 133 Å². The Bertz CT molecular complexity index is 468. The second-order valence-corrected chi connectivity index (χ2v) is 5.80. The fourth-order valence-electron chi connectivity index (χ4n) is 1.90. The smallest absolute Gasteiger partial charge is 0.298 e. The third-order valence-electron chi connectivity index (χ3n) is 3.48. The summed E-state index contributed by atoms with van der Waals surface area (Å²) in [6.07, 6.45) is -19.1. The number of hydrazine groups is 1. The first-order valence-electron chi connectivity index (χ1n) is 6.13. The van der Waals surface area contributed by atoms with Crippen molar-refractivity contribution in [3.05, 3.63) is 0 Å². The maximum absolute atomic E-state index is 13.3. The van der Waals surface area contributed by atoms with Gasteiger partial charge in [-0.15, -0.1) is 11.6 Å². The summed E-state index contributed by atoms with van der Waals surface area (Å²) in [5.41, 5.74) is -0.192. The molecule has 4 atom stereocenters. The third kappa shape index (κ3) is 3.40. The zero-order chi connectivity index (χ0) is 19.4. The lowest BCUT2D eigenvalue weighted by Crippen LogP contribution is -2.66. The highest BCUT2D eigenvalue weighted by Gasteiger charge is 2.78. The van der Waals surface area contributed by atoms with Gasteiger partial charge >= 0.3 is 24.4 Å². The minimum Gasteiger partial charge on any atom is -0.298 e. The fraction of sp³-hybridized carbons (Fsp3) is 1.00. The maximum Gasteiger partial charge on any atom is 0.462 e. The van der Waals surface area contributed by atoms with Crippen molar-refractivity contribution in [2.75, 3.05) is 0 Å². The van der Waals surface area contributed by atoms with Crippen molar-refractivity contribution >= 4 is 11.6 Å². The van der Waals surface area contributed by atoms with Gasteiger partial charge in [0.25, 0.3) is 0 Å². The van der Waals surface area contributed by atoms with E-state index in [-0.39, 0.29) is 6.92 Å². The van der Waals surface area contributed by atoms with Crippen molar-refractivity contribution < 1.29 is 48.6 Å². The average Bonchev–Trinajstić information content (AvgIpc) is 2.66. The highest BCUT2D eigenvalue weighted by Crippen LogP contribution is 2.51. The van der Waals surface area contributed by atoms with Crippen molar-refractivity contribution in [2.24, 2.45) is 0 Å². The Hall–Kier alpha value is -0.530. The standard InChI is InChI=1S/C10H11ClF10N2O/c1-3-4(11)5(23-22-3)6(2,8(14,15)16)24-10(20,21)7(12,13)9(17,18)19/h3-5,22-23H,1-2H3/t3-,4-,5+,6-/m0/s1. The van der Waals surface area contributed by atoms with Crippen LogP contribution in [0.25, 0.3) is 0 Å². The van der Waals surface area contributed by atoms with Crippen molar-refractivity contribution in [3.63, 3.8) is 0 Å². The minimum atomic E-state index is -6.86. The SMILES string of the molecule is C[C@@H]1NN[C@@H]([C@](C)(OC(F)(F)C(F)(F)C(F)(F)F)C(F)(F)F)[C@H]1Cl. The van der Waals surface area contributed by atoms with Crippen molar-refractivity contribution in [1.29, 1.82) is 0 Å². The molecule has 1 saturated heterocycles. The second kappa shape index (κ2) is 6.02. The van der Waals surface area contributed by atoms with Gasteiger partial charge in [0.2, 0.25) is 0 Å². The first-order chi connectivity index (χ1) is 10.4. The third-order valence-corrected chi connectivity index (χ3v) is 4.11. The van der Waals surface area contributed by atoms with Crippen LogP contribution >= 0.6 is 11.6 Å². The maximum atomic E-state index is 13.3. The van der Waals surface area contributed by atoms with Crippen LogP contribution in [0.15, 0.2) is 0 Å². The van der Waals surface area contributed by atoms with Crippen LogP contribution < -0.4 is 10.9 Å². The van der Waals surface area contributed by atoms with Crippen molar-refractivity contribution in [3.8, 4) is 0 Å². The van der Waals surface area contributed by atoms with E-state index in [1.165, 1.54) is 6.92 Å². The van der Waals surface area contributed by atoms with Gasteiger partial charge in [0, 0.05) is 6.04 Å². The molecule has 24 heavy (non-hydrogen) atoms. The van der Waals surface area contributed by atoms with Crippen molar-refractivity contribution in [1.82, 2.24) is 10.9 Å². The molecule has 0 saturated carbocycles. The first-order valence-corrected chi connectivity index (χ1v) is 6.56. The van der Waals surface area contributed by atoms with E-state index in [9.17, 15) is 43.9 Å². The molecule has 0 aliphatic carbocycles. The van der Waals surface area contributed by atoms with E-state index in [0.717, 1.165) is 0 Å². The molecule has 1 heterocycles. The van der Waals surface area contributed by atoms with Gasteiger partial charge in [0.1, 0.15) is 0 Å². The monoisotopic (exact) mass is 400 g/mol. The molecule has 0 bridgehead atoms. The Morgan fingerprint density at radius 2 is 1.29 bits per heavy atom. The van der Waals surface area contributed by atoms with Crippen LogP contribution in [-0.4, -0.2) is 47.4 Å². The molecular weight excluding hydrogens is 390 g/mol. The number of hydrogen-bond acceptors (Lipinski definition) is 3. The largest absolute Gasteiger partial charge is 0.462 e. The number of nitrogens with one attached hydrogen (secondary N) is 2. The second-order valence-electron chi connectivity index (χ2n) is 5.30. The molecule has 144 valence electrons. The van der Waals surface area contributed by atoms with E-state index in [1.807, 2.05) is 5.43 Å². The van der Waals surface area contributed by atoms with E-state index in [1.54, 1.807) is 0 Å². The molecule has 0 radical (unpaired) electrons. The first kappa shape index (κ1) is 21.5. The summed E-state index contributed by atoms with van der Waals surface area (Å²) in [5, 5.41) is -1.60. The zero-order valence-corrected chi connectivity index (χ0v) is 12.6. The number of alkyl halides is 11. The van der Waals surface area contributed by atoms with Gasteiger partial charge < -0.3 is 0 Å². The van der Waals surface area contributed by atoms with Crippen LogP contribution in [0.2, 0.25) is 0 Å². The van der Waals surface area contributed by atoms with E-state index in [4.69, 9.17) is 11.6 Å². The molecular formula is C10H11ClF10N2O. The topological polar surface area (TPSA) is 33.3 Å². The predicted molar refractivity (Wildman–Crippen MR) is 60.7 cm³/mol. The van der Waals surface area contributed by atoms with E-state index in [0.29, 0.717) is 0 Å². The lowest BCUT2D eigenvalue weighted by Gasteiger charge is -2.41. The Kier molecular flexibility index (Phi) is 5.40.